The van der Waals surface area contributed by atoms with E-state index in [-0.39, 0.29) is 44.4 Å². The smallest absolute Gasteiger partial charge is 0.328 e. The first kappa shape index (κ1) is 21.8. The van der Waals surface area contributed by atoms with E-state index in [1.54, 1.807) is 26.0 Å². The summed E-state index contributed by atoms with van der Waals surface area (Å²) in [6.45, 7) is 3.35. The van der Waals surface area contributed by atoms with Crippen molar-refractivity contribution in [3.63, 3.8) is 0 Å². The van der Waals surface area contributed by atoms with Crippen LogP contribution < -0.4 is 9.47 Å². The topological polar surface area (TPSA) is 52.6 Å². The predicted octanol–water partition coefficient (Wildman–Crippen LogP) is 6.62. The van der Waals surface area contributed by atoms with Gasteiger partial charge in [-0.15, -0.1) is 0 Å². The van der Waals surface area contributed by atoms with E-state index >= 15 is 0 Å². The number of hydrogen-bond donors (Lipinski definition) is 0. The fourth-order valence-electron chi connectivity index (χ4n) is 2.45. The van der Waals surface area contributed by atoms with Crippen LogP contribution in [0.4, 0.5) is 0 Å². The number of rotatable bonds is 6. The first-order valence-electron chi connectivity index (χ1n) is 8.09. The lowest BCUT2D eigenvalue weighted by Gasteiger charge is -2.27. The summed E-state index contributed by atoms with van der Waals surface area (Å²) in [4.78, 5) is 25.8. The minimum absolute atomic E-state index is 0.0133. The maximum absolute atomic E-state index is 12.9. The van der Waals surface area contributed by atoms with Crippen LogP contribution in [0.3, 0.4) is 0 Å². The third kappa shape index (κ3) is 4.52. The molecule has 27 heavy (non-hydrogen) atoms. The second-order valence-corrected chi connectivity index (χ2v) is 7.30. The van der Waals surface area contributed by atoms with Crippen molar-refractivity contribution in [1.29, 1.82) is 0 Å². The Bertz CT molecular complexity index is 755. The van der Waals surface area contributed by atoms with Gasteiger partial charge in [0.1, 0.15) is 0 Å². The van der Waals surface area contributed by atoms with E-state index in [1.807, 2.05) is 0 Å². The van der Waals surface area contributed by atoms with Crippen LogP contribution in [0.1, 0.15) is 26.7 Å². The molecule has 0 bridgehead atoms. The highest BCUT2D eigenvalue weighted by Crippen LogP contribution is 2.39. The molecule has 0 unspecified atom stereocenters. The van der Waals surface area contributed by atoms with Crippen LogP contribution in [0.25, 0.3) is 0 Å². The molecule has 0 saturated carbocycles. The molecule has 2 aromatic carbocycles. The summed E-state index contributed by atoms with van der Waals surface area (Å²) in [6.07, 6.45) is 0.261. The van der Waals surface area contributed by atoms with Crippen LogP contribution in [0.5, 0.6) is 11.5 Å². The largest absolute Gasteiger partial charge is 0.422 e. The van der Waals surface area contributed by atoms with E-state index < -0.39 is 17.4 Å². The van der Waals surface area contributed by atoms with Gasteiger partial charge in [0.15, 0.2) is 16.9 Å². The van der Waals surface area contributed by atoms with Crippen molar-refractivity contribution < 1.29 is 19.1 Å². The Morgan fingerprint density at radius 3 is 1.30 bits per heavy atom. The van der Waals surface area contributed by atoms with E-state index in [1.165, 1.54) is 24.3 Å². The van der Waals surface area contributed by atoms with Gasteiger partial charge < -0.3 is 9.47 Å². The number of carbonyl (C=O) groups is 2. The first-order valence-corrected chi connectivity index (χ1v) is 9.60. The van der Waals surface area contributed by atoms with E-state index in [0.717, 1.165) is 0 Å². The van der Waals surface area contributed by atoms with Crippen molar-refractivity contribution in [1.82, 2.24) is 0 Å². The van der Waals surface area contributed by atoms with E-state index in [9.17, 15) is 9.59 Å². The third-order valence-corrected chi connectivity index (χ3v) is 5.41. The Morgan fingerprint density at radius 2 is 1.04 bits per heavy atom. The van der Waals surface area contributed by atoms with Crippen molar-refractivity contribution in [3.8, 4) is 11.5 Å². The minimum Gasteiger partial charge on any atom is -0.422 e. The molecule has 0 amide bonds. The SMILES string of the molecule is CCC(CC)(C(=O)Oc1c(Cl)cccc1Cl)C(=O)Oc1c(Cl)cccc1Cl. The average molecular weight is 450 g/mol. The van der Waals surface area contributed by atoms with Gasteiger partial charge in [0.2, 0.25) is 0 Å². The maximum atomic E-state index is 12.9. The van der Waals surface area contributed by atoms with Crippen molar-refractivity contribution >= 4 is 58.3 Å². The van der Waals surface area contributed by atoms with Gasteiger partial charge in [-0.05, 0) is 37.1 Å². The fraction of sp³-hybridized carbons (Fsp3) is 0.263. The summed E-state index contributed by atoms with van der Waals surface area (Å²) in [6, 6.07) is 9.33. The molecule has 0 N–H and O–H groups in total. The molecule has 144 valence electrons. The van der Waals surface area contributed by atoms with Gasteiger partial charge in [0.25, 0.3) is 0 Å². The number of halogens is 4. The van der Waals surface area contributed by atoms with Crippen LogP contribution in [-0.4, -0.2) is 11.9 Å². The van der Waals surface area contributed by atoms with Crippen molar-refractivity contribution in [3.05, 3.63) is 56.5 Å². The minimum atomic E-state index is -1.58. The molecule has 0 fully saturated rings. The maximum Gasteiger partial charge on any atom is 0.328 e. The molecule has 8 heteroatoms. The summed E-state index contributed by atoms with van der Waals surface area (Å²) >= 11 is 24.2. The molecule has 2 rings (SSSR count). The van der Waals surface area contributed by atoms with Gasteiger partial charge in [0, 0.05) is 0 Å². The molecular weight excluding hydrogens is 434 g/mol. The summed E-state index contributed by atoms with van der Waals surface area (Å²) in [5.74, 6) is -1.67. The van der Waals surface area contributed by atoms with Crippen LogP contribution in [0, 0.1) is 5.41 Å². The molecular formula is C19H16Cl4O4. The summed E-state index contributed by atoms with van der Waals surface area (Å²) in [7, 11) is 0. The van der Waals surface area contributed by atoms with Crippen molar-refractivity contribution in [2.24, 2.45) is 5.41 Å². The highest BCUT2D eigenvalue weighted by Gasteiger charge is 2.47. The van der Waals surface area contributed by atoms with Gasteiger partial charge in [-0.25, -0.2) is 0 Å². The van der Waals surface area contributed by atoms with Gasteiger partial charge in [-0.1, -0.05) is 72.4 Å². The van der Waals surface area contributed by atoms with Crippen LogP contribution in [-0.2, 0) is 9.59 Å². The molecule has 0 aliphatic carbocycles. The van der Waals surface area contributed by atoms with Crippen LogP contribution >= 0.6 is 46.4 Å². The Kier molecular flexibility index (Phi) is 7.40. The standard InChI is InChI=1S/C19H16Cl4O4/c1-3-19(4-2,17(24)26-15-11(20)7-5-8-12(15)21)18(25)27-16-13(22)9-6-10-14(16)23/h5-10H,3-4H2,1-2H3. The number of ether oxygens (including phenoxy) is 2. The van der Waals surface area contributed by atoms with Crippen LogP contribution in [0.2, 0.25) is 20.1 Å². The molecule has 0 atom stereocenters. The molecule has 0 heterocycles. The molecule has 0 aliphatic heterocycles. The zero-order valence-electron chi connectivity index (χ0n) is 14.5. The average Bonchev–Trinajstić information content (AvgIpc) is 2.63. The predicted molar refractivity (Wildman–Crippen MR) is 107 cm³/mol. The van der Waals surface area contributed by atoms with E-state index in [2.05, 4.69) is 0 Å². The highest BCUT2D eigenvalue weighted by molar-refractivity contribution is 6.38. The normalized spacial score (nSPS) is 11.2. The van der Waals surface area contributed by atoms with Crippen molar-refractivity contribution in [2.45, 2.75) is 26.7 Å². The zero-order valence-corrected chi connectivity index (χ0v) is 17.5. The zero-order chi connectivity index (χ0) is 20.2. The monoisotopic (exact) mass is 448 g/mol. The highest BCUT2D eigenvalue weighted by atomic mass is 35.5. The summed E-state index contributed by atoms with van der Waals surface area (Å²) < 4.78 is 10.7. The summed E-state index contributed by atoms with van der Waals surface area (Å²) in [5.41, 5.74) is -1.58. The molecule has 0 aromatic heterocycles. The lowest BCUT2D eigenvalue weighted by molar-refractivity contribution is -0.161. The number of para-hydroxylation sites is 2. The molecule has 0 saturated heterocycles. The fourth-order valence-corrected chi connectivity index (χ4v) is 3.40. The quantitative estimate of drug-likeness (QED) is 0.282. The number of benzene rings is 2. The Hall–Kier alpha value is -1.46. The van der Waals surface area contributed by atoms with E-state index in [0.29, 0.717) is 0 Å². The lowest BCUT2D eigenvalue weighted by atomic mass is 9.82. The lowest BCUT2D eigenvalue weighted by Crippen LogP contribution is -2.44. The van der Waals surface area contributed by atoms with E-state index in [4.69, 9.17) is 55.9 Å². The Balaban J connectivity index is 2.35. The number of hydrogen-bond acceptors (Lipinski definition) is 4. The third-order valence-electron chi connectivity index (χ3n) is 4.22. The van der Waals surface area contributed by atoms with Crippen molar-refractivity contribution in [2.75, 3.05) is 0 Å². The number of esters is 2. The number of carbonyl (C=O) groups excluding carboxylic acids is 2. The molecule has 4 nitrogen and oxygen atoms in total. The molecule has 0 aliphatic rings. The summed E-state index contributed by atoms with van der Waals surface area (Å²) in [5, 5.41) is 0.609. The van der Waals surface area contributed by atoms with Gasteiger partial charge >= 0.3 is 11.9 Å². The van der Waals surface area contributed by atoms with Crippen LogP contribution in [0.15, 0.2) is 36.4 Å². The van der Waals surface area contributed by atoms with Gasteiger partial charge in [-0.2, -0.15) is 0 Å². The molecule has 0 radical (unpaired) electrons. The molecule has 2 aromatic rings. The Labute approximate surface area is 177 Å². The molecule has 0 spiro atoms. The van der Waals surface area contributed by atoms with Gasteiger partial charge in [0.05, 0.1) is 20.1 Å². The Morgan fingerprint density at radius 1 is 0.741 bits per heavy atom. The first-order chi connectivity index (χ1) is 12.8. The second kappa shape index (κ2) is 9.16. The second-order valence-electron chi connectivity index (χ2n) is 5.67. The van der Waals surface area contributed by atoms with Gasteiger partial charge in [-0.3, -0.25) is 9.59 Å².